The SMILES string of the molecule is O=C(O)CCCOc1cc(C(F)(F)F)ccc1C1CC(=O)c2ccc(F)c(Cl)c2O1. The number of halogens is 5. The Bertz CT molecular complexity index is 990. The number of carbonyl (C=O) groups excluding carboxylic acids is 1. The molecule has 0 saturated carbocycles. The Morgan fingerprint density at radius 1 is 1.27 bits per heavy atom. The third-order valence-corrected chi connectivity index (χ3v) is 4.81. The lowest BCUT2D eigenvalue weighted by Gasteiger charge is -2.28. The monoisotopic (exact) mass is 446 g/mol. The van der Waals surface area contributed by atoms with E-state index in [1.165, 1.54) is 6.07 Å². The second-order valence-corrected chi connectivity index (χ2v) is 6.95. The van der Waals surface area contributed by atoms with Gasteiger partial charge in [0.1, 0.15) is 22.7 Å². The van der Waals surface area contributed by atoms with Crippen molar-refractivity contribution >= 4 is 23.4 Å². The van der Waals surface area contributed by atoms with E-state index >= 15 is 0 Å². The molecule has 0 radical (unpaired) electrons. The van der Waals surface area contributed by atoms with E-state index in [-0.39, 0.29) is 48.5 Å². The van der Waals surface area contributed by atoms with Gasteiger partial charge in [0.25, 0.3) is 0 Å². The summed E-state index contributed by atoms with van der Waals surface area (Å²) in [7, 11) is 0. The predicted molar refractivity (Wildman–Crippen MR) is 97.5 cm³/mol. The molecule has 1 atom stereocenters. The summed E-state index contributed by atoms with van der Waals surface area (Å²) >= 11 is 5.90. The van der Waals surface area contributed by atoms with Crippen LogP contribution in [0.15, 0.2) is 30.3 Å². The minimum atomic E-state index is -4.64. The van der Waals surface area contributed by atoms with Gasteiger partial charge in [-0.05, 0) is 30.7 Å². The van der Waals surface area contributed by atoms with Crippen LogP contribution in [0, 0.1) is 5.82 Å². The quantitative estimate of drug-likeness (QED) is 0.472. The first kappa shape index (κ1) is 21.9. The van der Waals surface area contributed by atoms with E-state index < -0.39 is 40.4 Å². The molecule has 1 heterocycles. The van der Waals surface area contributed by atoms with Crippen LogP contribution < -0.4 is 9.47 Å². The number of carboxylic acid groups (broad SMARTS) is 1. The molecule has 0 aliphatic carbocycles. The Kier molecular flexibility index (Phi) is 6.21. The Balaban J connectivity index is 1.94. The van der Waals surface area contributed by atoms with Crippen molar-refractivity contribution in [3.63, 3.8) is 0 Å². The molecular weight excluding hydrogens is 432 g/mol. The molecule has 1 aliphatic heterocycles. The van der Waals surface area contributed by atoms with Crippen LogP contribution >= 0.6 is 11.6 Å². The smallest absolute Gasteiger partial charge is 0.416 e. The molecular formula is C20H15ClF4O5. The molecule has 2 aromatic carbocycles. The molecule has 30 heavy (non-hydrogen) atoms. The number of ketones is 1. The number of alkyl halides is 3. The maximum Gasteiger partial charge on any atom is 0.416 e. The van der Waals surface area contributed by atoms with Crippen LogP contribution in [0.5, 0.6) is 11.5 Å². The topological polar surface area (TPSA) is 72.8 Å². The standard InChI is InChI=1S/C20H15ClF4O5/c21-18-13(22)6-5-11-14(26)9-16(30-19(11)18)12-4-3-10(20(23,24)25)8-15(12)29-7-1-2-17(27)28/h3-6,8,16H,1-2,7,9H2,(H,27,28). The van der Waals surface area contributed by atoms with Gasteiger partial charge in [-0.3, -0.25) is 9.59 Å². The summed E-state index contributed by atoms with van der Waals surface area (Å²) in [6.45, 7) is -0.159. The van der Waals surface area contributed by atoms with Gasteiger partial charge in [0.05, 0.1) is 24.2 Å². The van der Waals surface area contributed by atoms with Crippen LogP contribution in [0.2, 0.25) is 5.02 Å². The fraction of sp³-hybridized carbons (Fsp3) is 0.300. The van der Waals surface area contributed by atoms with Gasteiger partial charge in [-0.15, -0.1) is 0 Å². The highest BCUT2D eigenvalue weighted by Gasteiger charge is 2.35. The summed E-state index contributed by atoms with van der Waals surface area (Å²) < 4.78 is 64.2. The number of rotatable bonds is 6. The maximum atomic E-state index is 13.8. The van der Waals surface area contributed by atoms with E-state index in [1.54, 1.807) is 0 Å². The summed E-state index contributed by atoms with van der Waals surface area (Å²) in [6, 6.07) is 4.94. The first-order valence-corrected chi connectivity index (χ1v) is 9.19. The second-order valence-electron chi connectivity index (χ2n) is 6.57. The number of fused-ring (bicyclic) bond motifs is 1. The van der Waals surface area contributed by atoms with Crippen molar-refractivity contribution in [3.8, 4) is 11.5 Å². The maximum absolute atomic E-state index is 13.8. The van der Waals surface area contributed by atoms with Crippen molar-refractivity contribution in [2.75, 3.05) is 6.61 Å². The number of aliphatic carboxylic acids is 1. The van der Waals surface area contributed by atoms with Crippen LogP contribution in [0.3, 0.4) is 0 Å². The van der Waals surface area contributed by atoms with Crippen LogP contribution in [-0.2, 0) is 11.0 Å². The molecule has 0 saturated heterocycles. The van der Waals surface area contributed by atoms with Gasteiger partial charge in [0, 0.05) is 12.0 Å². The highest BCUT2D eigenvalue weighted by Crippen LogP contribution is 2.44. The summed E-state index contributed by atoms with van der Waals surface area (Å²) in [6.07, 6.45) is -6.07. The molecule has 1 aliphatic rings. The number of carbonyl (C=O) groups is 2. The normalized spacial score (nSPS) is 16.0. The number of carboxylic acids is 1. The van der Waals surface area contributed by atoms with Crippen molar-refractivity contribution in [1.29, 1.82) is 0 Å². The van der Waals surface area contributed by atoms with Crippen LogP contribution in [0.1, 0.15) is 46.9 Å². The fourth-order valence-corrected chi connectivity index (χ4v) is 3.22. The van der Waals surface area contributed by atoms with Crippen LogP contribution in [-0.4, -0.2) is 23.5 Å². The summed E-state index contributed by atoms with van der Waals surface area (Å²) in [5.74, 6) is -2.68. The third kappa shape index (κ3) is 4.67. The zero-order chi connectivity index (χ0) is 22.1. The molecule has 2 aromatic rings. The van der Waals surface area contributed by atoms with E-state index in [4.69, 9.17) is 26.2 Å². The van der Waals surface area contributed by atoms with Crippen LogP contribution in [0.25, 0.3) is 0 Å². The van der Waals surface area contributed by atoms with E-state index in [2.05, 4.69) is 0 Å². The van der Waals surface area contributed by atoms with Crippen molar-refractivity contribution in [2.24, 2.45) is 0 Å². The largest absolute Gasteiger partial charge is 0.493 e. The van der Waals surface area contributed by atoms with Crippen molar-refractivity contribution in [1.82, 2.24) is 0 Å². The third-order valence-electron chi connectivity index (χ3n) is 4.46. The van der Waals surface area contributed by atoms with Crippen LogP contribution in [0.4, 0.5) is 17.6 Å². The molecule has 0 amide bonds. The number of hydrogen-bond donors (Lipinski definition) is 1. The van der Waals surface area contributed by atoms with Gasteiger partial charge in [-0.1, -0.05) is 17.7 Å². The average Bonchev–Trinajstić information content (AvgIpc) is 2.67. The molecule has 160 valence electrons. The Labute approximate surface area is 173 Å². The highest BCUT2D eigenvalue weighted by atomic mass is 35.5. The number of benzene rings is 2. The zero-order valence-electron chi connectivity index (χ0n) is 15.3. The van der Waals surface area contributed by atoms with E-state index in [1.807, 2.05) is 0 Å². The molecule has 3 rings (SSSR count). The number of Topliss-reactive ketones (excluding diaryl/α,β-unsaturated/α-hetero) is 1. The first-order valence-electron chi connectivity index (χ1n) is 8.81. The van der Waals surface area contributed by atoms with Gasteiger partial charge in [0.2, 0.25) is 0 Å². The molecule has 5 nitrogen and oxygen atoms in total. The van der Waals surface area contributed by atoms with Gasteiger partial charge in [-0.2, -0.15) is 13.2 Å². The molecule has 0 spiro atoms. The minimum Gasteiger partial charge on any atom is -0.493 e. The van der Waals surface area contributed by atoms with E-state index in [0.717, 1.165) is 24.3 Å². The van der Waals surface area contributed by atoms with Gasteiger partial charge >= 0.3 is 12.1 Å². The molecule has 10 heteroatoms. The lowest BCUT2D eigenvalue weighted by molar-refractivity contribution is -0.138. The van der Waals surface area contributed by atoms with Gasteiger partial charge in [-0.25, -0.2) is 4.39 Å². The molecule has 1 unspecified atom stereocenters. The average molecular weight is 447 g/mol. The lowest BCUT2D eigenvalue weighted by atomic mass is 9.95. The number of ether oxygens (including phenoxy) is 2. The predicted octanol–water partition coefficient (Wildman–Crippen LogP) is 5.45. The van der Waals surface area contributed by atoms with Crippen molar-refractivity contribution in [3.05, 3.63) is 57.9 Å². The molecule has 0 aromatic heterocycles. The first-order chi connectivity index (χ1) is 14.1. The summed E-state index contributed by atoms with van der Waals surface area (Å²) in [5.41, 5.74) is -0.766. The molecule has 0 fully saturated rings. The van der Waals surface area contributed by atoms with E-state index in [0.29, 0.717) is 0 Å². The minimum absolute atomic E-state index is 0.0648. The van der Waals surface area contributed by atoms with E-state index in [9.17, 15) is 27.2 Å². The number of hydrogen-bond acceptors (Lipinski definition) is 4. The highest BCUT2D eigenvalue weighted by molar-refractivity contribution is 6.33. The van der Waals surface area contributed by atoms with Crippen molar-refractivity contribution < 1.29 is 41.7 Å². The fourth-order valence-electron chi connectivity index (χ4n) is 3.01. The summed E-state index contributed by atoms with van der Waals surface area (Å²) in [5, 5.41) is 8.28. The lowest BCUT2D eigenvalue weighted by Crippen LogP contribution is -2.22. The second kappa shape index (κ2) is 8.51. The Morgan fingerprint density at radius 2 is 2.00 bits per heavy atom. The zero-order valence-corrected chi connectivity index (χ0v) is 16.0. The Morgan fingerprint density at radius 3 is 2.67 bits per heavy atom. The Hall–Kier alpha value is -2.81. The summed E-state index contributed by atoms with van der Waals surface area (Å²) in [4.78, 5) is 23.1. The van der Waals surface area contributed by atoms with Gasteiger partial charge < -0.3 is 14.6 Å². The molecule has 0 bridgehead atoms. The molecule has 1 N–H and O–H groups in total. The van der Waals surface area contributed by atoms with Crippen molar-refractivity contribution in [2.45, 2.75) is 31.5 Å². The van der Waals surface area contributed by atoms with Gasteiger partial charge in [0.15, 0.2) is 11.5 Å².